The Morgan fingerprint density at radius 2 is 1.64 bits per heavy atom. The van der Waals surface area contributed by atoms with Crippen LogP contribution >= 0.6 is 0 Å². The van der Waals surface area contributed by atoms with E-state index in [-0.39, 0.29) is 18.4 Å². The number of ether oxygens (including phenoxy) is 1. The molecule has 0 fully saturated rings. The number of benzene rings is 2. The number of likely N-dealkylation sites (N-methyl/N-ethyl adjacent to an activating group) is 1. The molecule has 150 valence electrons. The van der Waals surface area contributed by atoms with Gasteiger partial charge in [-0.3, -0.25) is 9.59 Å². The summed E-state index contributed by atoms with van der Waals surface area (Å²) in [6.45, 7) is 0.472. The molecule has 0 aliphatic heterocycles. The lowest BCUT2D eigenvalue weighted by Crippen LogP contribution is -2.29. The van der Waals surface area contributed by atoms with Crippen LogP contribution in [0.1, 0.15) is 22.3 Å². The predicted molar refractivity (Wildman–Crippen MR) is 112 cm³/mol. The first-order valence-electron chi connectivity index (χ1n) is 9.35. The van der Waals surface area contributed by atoms with E-state index in [1.807, 2.05) is 14.1 Å². The van der Waals surface area contributed by atoms with Gasteiger partial charge in [-0.2, -0.15) is 0 Å². The third-order valence-electron chi connectivity index (χ3n) is 4.36. The number of amides is 2. The topological polar surface area (TPSA) is 61.9 Å². The fourth-order valence-electron chi connectivity index (χ4n) is 2.60. The summed E-state index contributed by atoms with van der Waals surface area (Å²) < 4.78 is 5.53. The Labute approximate surface area is 167 Å². The molecule has 1 N–H and O–H groups in total. The zero-order valence-electron chi connectivity index (χ0n) is 17.1. The van der Waals surface area contributed by atoms with Gasteiger partial charge in [-0.25, -0.2) is 0 Å². The summed E-state index contributed by atoms with van der Waals surface area (Å²) in [5, 5.41) is 2.93. The van der Waals surface area contributed by atoms with E-state index in [2.05, 4.69) is 34.5 Å². The molecule has 0 bridgehead atoms. The molecule has 28 heavy (non-hydrogen) atoms. The van der Waals surface area contributed by atoms with Crippen LogP contribution in [0.4, 0.5) is 5.69 Å². The summed E-state index contributed by atoms with van der Waals surface area (Å²) in [7, 11) is 7.36. The summed E-state index contributed by atoms with van der Waals surface area (Å²) in [5.41, 5.74) is 2.84. The van der Waals surface area contributed by atoms with Crippen LogP contribution in [-0.4, -0.2) is 58.1 Å². The number of rotatable bonds is 9. The maximum atomic E-state index is 12.5. The first-order chi connectivity index (χ1) is 13.4. The molecule has 0 saturated carbocycles. The van der Waals surface area contributed by atoms with Crippen molar-refractivity contribution >= 4 is 17.5 Å². The Morgan fingerprint density at radius 1 is 0.964 bits per heavy atom. The van der Waals surface area contributed by atoms with Crippen LogP contribution in [0.25, 0.3) is 0 Å². The highest BCUT2D eigenvalue weighted by atomic mass is 16.5. The van der Waals surface area contributed by atoms with Gasteiger partial charge in [0, 0.05) is 40.4 Å². The van der Waals surface area contributed by atoms with Gasteiger partial charge in [-0.1, -0.05) is 24.3 Å². The molecule has 0 heterocycles. The lowest BCUT2D eigenvalue weighted by atomic mass is 10.1. The molecule has 2 aromatic carbocycles. The Bertz CT molecular complexity index is 786. The van der Waals surface area contributed by atoms with E-state index in [9.17, 15) is 9.59 Å². The van der Waals surface area contributed by atoms with Gasteiger partial charge in [0.1, 0.15) is 5.75 Å². The van der Waals surface area contributed by atoms with Crippen molar-refractivity contribution in [1.29, 1.82) is 0 Å². The van der Waals surface area contributed by atoms with E-state index in [0.29, 0.717) is 17.9 Å². The molecule has 0 spiro atoms. The van der Waals surface area contributed by atoms with Gasteiger partial charge in [0.25, 0.3) is 11.8 Å². The number of aryl methyl sites for hydroxylation is 1. The lowest BCUT2D eigenvalue weighted by molar-refractivity contribution is -0.130. The number of carbonyl (C=O) groups excluding carboxylic acids is 2. The van der Waals surface area contributed by atoms with Crippen LogP contribution in [0.2, 0.25) is 0 Å². The minimum absolute atomic E-state index is 0.0970. The van der Waals surface area contributed by atoms with Crippen molar-refractivity contribution < 1.29 is 14.3 Å². The first-order valence-corrected chi connectivity index (χ1v) is 9.35. The first kappa shape index (κ1) is 21.3. The highest BCUT2D eigenvalue weighted by Gasteiger charge is 2.13. The molecular formula is C22H29N3O3. The van der Waals surface area contributed by atoms with E-state index in [4.69, 9.17) is 4.74 Å². The largest absolute Gasteiger partial charge is 0.483 e. The molecule has 6 nitrogen and oxygen atoms in total. The van der Waals surface area contributed by atoms with Crippen molar-refractivity contribution in [2.45, 2.75) is 12.8 Å². The SMILES string of the molecule is CN(C)C(=O)COc1ccccc1C(=O)NCCCc1ccc(N(C)C)cc1. The minimum atomic E-state index is -0.198. The molecule has 6 heteroatoms. The Balaban J connectivity index is 1.83. The summed E-state index contributed by atoms with van der Waals surface area (Å²) in [6.07, 6.45) is 1.73. The van der Waals surface area contributed by atoms with Crippen molar-refractivity contribution in [3.63, 3.8) is 0 Å². The van der Waals surface area contributed by atoms with Gasteiger partial charge in [0.05, 0.1) is 5.56 Å². The van der Waals surface area contributed by atoms with Crippen molar-refractivity contribution in [2.24, 2.45) is 0 Å². The Kier molecular flexibility index (Phi) is 7.87. The summed E-state index contributed by atoms with van der Waals surface area (Å²) in [6, 6.07) is 15.4. The highest BCUT2D eigenvalue weighted by Crippen LogP contribution is 2.18. The van der Waals surface area contributed by atoms with Gasteiger partial charge in [0.15, 0.2) is 6.61 Å². The number of hydrogen-bond acceptors (Lipinski definition) is 4. The molecule has 0 atom stereocenters. The predicted octanol–water partition coefficient (Wildman–Crippen LogP) is 2.58. The van der Waals surface area contributed by atoms with Crippen molar-refractivity contribution in [3.05, 3.63) is 59.7 Å². The zero-order chi connectivity index (χ0) is 20.5. The fourth-order valence-corrected chi connectivity index (χ4v) is 2.60. The van der Waals surface area contributed by atoms with Crippen LogP contribution in [0.15, 0.2) is 48.5 Å². The molecule has 0 unspecified atom stereocenters. The molecule has 2 rings (SSSR count). The maximum absolute atomic E-state index is 12.5. The van der Waals surface area contributed by atoms with Crippen LogP contribution in [0, 0.1) is 0 Å². The molecule has 0 aliphatic carbocycles. The van der Waals surface area contributed by atoms with Crippen LogP contribution in [-0.2, 0) is 11.2 Å². The third kappa shape index (κ3) is 6.30. The summed E-state index contributed by atoms with van der Waals surface area (Å²) in [4.78, 5) is 27.7. The van der Waals surface area contributed by atoms with Crippen LogP contribution < -0.4 is 15.0 Å². The highest BCUT2D eigenvalue weighted by molar-refractivity contribution is 5.97. The second-order valence-corrected chi connectivity index (χ2v) is 6.99. The monoisotopic (exact) mass is 383 g/mol. The molecule has 0 radical (unpaired) electrons. The molecule has 2 amide bonds. The number of carbonyl (C=O) groups is 2. The van der Waals surface area contributed by atoms with E-state index in [0.717, 1.165) is 12.8 Å². The quantitative estimate of drug-likeness (QED) is 0.676. The van der Waals surface area contributed by atoms with Gasteiger partial charge in [0.2, 0.25) is 0 Å². The lowest BCUT2D eigenvalue weighted by Gasteiger charge is -2.14. The van der Waals surface area contributed by atoms with E-state index in [1.165, 1.54) is 16.2 Å². The molecule has 0 aliphatic rings. The van der Waals surface area contributed by atoms with Gasteiger partial charge in [-0.15, -0.1) is 0 Å². The van der Waals surface area contributed by atoms with Gasteiger partial charge < -0.3 is 19.9 Å². The second kappa shape index (κ2) is 10.3. The van der Waals surface area contributed by atoms with E-state index in [1.54, 1.807) is 38.4 Å². The molecular weight excluding hydrogens is 354 g/mol. The second-order valence-electron chi connectivity index (χ2n) is 6.99. The molecule has 0 saturated heterocycles. The Morgan fingerprint density at radius 3 is 2.29 bits per heavy atom. The normalized spacial score (nSPS) is 10.3. The minimum Gasteiger partial charge on any atom is -0.483 e. The number of nitrogens with zero attached hydrogens (tertiary/aromatic N) is 2. The average molecular weight is 383 g/mol. The van der Waals surface area contributed by atoms with E-state index >= 15 is 0 Å². The number of anilines is 1. The third-order valence-corrected chi connectivity index (χ3v) is 4.36. The summed E-state index contributed by atoms with van der Waals surface area (Å²) in [5.74, 6) is 0.0563. The maximum Gasteiger partial charge on any atom is 0.259 e. The fraction of sp³-hybridized carbons (Fsp3) is 0.364. The number of hydrogen-bond donors (Lipinski definition) is 1. The van der Waals surface area contributed by atoms with Crippen molar-refractivity contribution in [3.8, 4) is 5.75 Å². The standard InChI is InChI=1S/C22H29N3O3/c1-24(2)18-13-11-17(12-14-18)8-7-15-23-22(27)19-9-5-6-10-20(19)28-16-21(26)25(3)4/h5-6,9-14H,7-8,15-16H2,1-4H3,(H,23,27). The Hall–Kier alpha value is -3.02. The van der Waals surface area contributed by atoms with Gasteiger partial charge >= 0.3 is 0 Å². The number of para-hydroxylation sites is 1. The van der Waals surface area contributed by atoms with Crippen LogP contribution in [0.5, 0.6) is 5.75 Å². The smallest absolute Gasteiger partial charge is 0.259 e. The van der Waals surface area contributed by atoms with E-state index < -0.39 is 0 Å². The van der Waals surface area contributed by atoms with Gasteiger partial charge in [-0.05, 0) is 42.7 Å². The number of nitrogens with one attached hydrogen (secondary N) is 1. The van der Waals surface area contributed by atoms with Crippen LogP contribution in [0.3, 0.4) is 0 Å². The summed E-state index contributed by atoms with van der Waals surface area (Å²) >= 11 is 0. The zero-order valence-corrected chi connectivity index (χ0v) is 17.1. The average Bonchev–Trinajstić information content (AvgIpc) is 2.69. The van der Waals surface area contributed by atoms with Crippen molar-refractivity contribution in [1.82, 2.24) is 10.2 Å². The van der Waals surface area contributed by atoms with Crippen molar-refractivity contribution in [2.75, 3.05) is 46.2 Å². The molecule has 0 aromatic heterocycles. The molecule has 2 aromatic rings.